The molecule has 0 saturated carbocycles. The van der Waals surface area contributed by atoms with Gasteiger partial charge in [-0.15, -0.1) is 0 Å². The standard InChI is InChI=1S/C10H20N4O3S/c1-17-6-4-11-8-10-12-9-14(13-10)5-3-7-18(2,15)16/h9,11H,3-8H2,1-2H3. The van der Waals surface area contributed by atoms with Crippen LogP contribution in [0.2, 0.25) is 0 Å². The molecule has 0 aliphatic rings. The summed E-state index contributed by atoms with van der Waals surface area (Å²) in [5, 5.41) is 7.37. The number of rotatable bonds is 9. The van der Waals surface area contributed by atoms with Crippen LogP contribution >= 0.6 is 0 Å². The molecule has 1 aromatic rings. The normalized spacial score (nSPS) is 11.9. The minimum Gasteiger partial charge on any atom is -0.383 e. The maximum Gasteiger partial charge on any atom is 0.164 e. The Balaban J connectivity index is 2.26. The van der Waals surface area contributed by atoms with Crippen LogP contribution in [-0.4, -0.2) is 55.5 Å². The Labute approximate surface area is 107 Å². The number of aryl methyl sites for hydroxylation is 1. The maximum atomic E-state index is 11.0. The molecule has 0 aliphatic carbocycles. The molecule has 0 aromatic carbocycles. The van der Waals surface area contributed by atoms with Crippen LogP contribution in [0.4, 0.5) is 0 Å². The van der Waals surface area contributed by atoms with Gasteiger partial charge in [0.25, 0.3) is 0 Å². The first kappa shape index (κ1) is 15.1. The highest BCUT2D eigenvalue weighted by Gasteiger charge is 2.04. The lowest BCUT2D eigenvalue weighted by molar-refractivity contribution is 0.199. The first-order valence-corrected chi connectivity index (χ1v) is 7.83. The molecule has 18 heavy (non-hydrogen) atoms. The summed E-state index contributed by atoms with van der Waals surface area (Å²) in [6.45, 7) is 2.55. The van der Waals surface area contributed by atoms with Crippen LogP contribution < -0.4 is 5.32 Å². The van der Waals surface area contributed by atoms with E-state index >= 15 is 0 Å². The summed E-state index contributed by atoms with van der Waals surface area (Å²) in [7, 11) is -1.25. The zero-order valence-electron chi connectivity index (χ0n) is 10.8. The number of hydrogen-bond acceptors (Lipinski definition) is 6. The Morgan fingerprint density at radius 1 is 1.50 bits per heavy atom. The van der Waals surface area contributed by atoms with Gasteiger partial charge in [0.05, 0.1) is 18.9 Å². The van der Waals surface area contributed by atoms with Gasteiger partial charge in [-0.1, -0.05) is 0 Å². The highest BCUT2D eigenvalue weighted by Crippen LogP contribution is 1.95. The minimum absolute atomic E-state index is 0.175. The first-order valence-electron chi connectivity index (χ1n) is 5.77. The Hall–Kier alpha value is -0.990. The summed E-state index contributed by atoms with van der Waals surface area (Å²) in [6.07, 6.45) is 3.41. The van der Waals surface area contributed by atoms with Gasteiger partial charge in [0.1, 0.15) is 16.2 Å². The number of sulfone groups is 1. The molecule has 1 N–H and O–H groups in total. The largest absolute Gasteiger partial charge is 0.383 e. The van der Waals surface area contributed by atoms with E-state index in [2.05, 4.69) is 15.4 Å². The fraction of sp³-hybridized carbons (Fsp3) is 0.800. The molecule has 0 atom stereocenters. The van der Waals surface area contributed by atoms with E-state index in [4.69, 9.17) is 4.74 Å². The van der Waals surface area contributed by atoms with E-state index in [9.17, 15) is 8.42 Å². The first-order chi connectivity index (χ1) is 8.51. The van der Waals surface area contributed by atoms with Crippen molar-refractivity contribution in [2.24, 2.45) is 0 Å². The number of methoxy groups -OCH3 is 1. The number of aromatic nitrogens is 3. The highest BCUT2D eigenvalue weighted by atomic mass is 32.2. The van der Waals surface area contributed by atoms with Crippen molar-refractivity contribution in [3.8, 4) is 0 Å². The van der Waals surface area contributed by atoms with E-state index in [1.54, 1.807) is 18.1 Å². The van der Waals surface area contributed by atoms with E-state index in [0.29, 0.717) is 31.9 Å². The summed E-state index contributed by atoms with van der Waals surface area (Å²) in [4.78, 5) is 4.13. The lowest BCUT2D eigenvalue weighted by Gasteiger charge is -2.01. The molecule has 1 rings (SSSR count). The molecule has 0 unspecified atom stereocenters. The summed E-state index contributed by atoms with van der Waals surface area (Å²) in [5.41, 5.74) is 0. The second-order valence-corrected chi connectivity index (χ2v) is 6.34. The van der Waals surface area contributed by atoms with Gasteiger partial charge < -0.3 is 10.1 Å². The van der Waals surface area contributed by atoms with Gasteiger partial charge in [-0.2, -0.15) is 5.10 Å². The van der Waals surface area contributed by atoms with E-state index in [1.165, 1.54) is 6.26 Å². The molecule has 0 saturated heterocycles. The summed E-state index contributed by atoms with van der Waals surface area (Å²) in [5.74, 6) is 0.874. The molecule has 0 fully saturated rings. The van der Waals surface area contributed by atoms with Crippen LogP contribution in [0.25, 0.3) is 0 Å². The Kier molecular flexibility index (Phi) is 6.23. The van der Waals surface area contributed by atoms with Gasteiger partial charge in [-0.25, -0.2) is 13.4 Å². The second-order valence-electron chi connectivity index (χ2n) is 4.08. The number of nitrogens with zero attached hydrogens (tertiary/aromatic N) is 3. The molecule has 8 heteroatoms. The van der Waals surface area contributed by atoms with Gasteiger partial charge in [-0.05, 0) is 6.42 Å². The summed E-state index contributed by atoms with van der Waals surface area (Å²) < 4.78 is 28.5. The zero-order chi connectivity index (χ0) is 13.4. The van der Waals surface area contributed by atoms with Crippen LogP contribution in [-0.2, 0) is 27.7 Å². The van der Waals surface area contributed by atoms with Crippen molar-refractivity contribution in [2.75, 3.05) is 32.3 Å². The predicted octanol–water partition coefficient (Wildman–Crippen LogP) is -0.551. The topological polar surface area (TPSA) is 86.1 Å². The third-order valence-electron chi connectivity index (χ3n) is 2.25. The molecule has 0 amide bonds. The summed E-state index contributed by atoms with van der Waals surface area (Å²) in [6, 6.07) is 0. The highest BCUT2D eigenvalue weighted by molar-refractivity contribution is 7.90. The van der Waals surface area contributed by atoms with E-state index in [-0.39, 0.29) is 5.75 Å². The quantitative estimate of drug-likeness (QED) is 0.609. The summed E-state index contributed by atoms with van der Waals surface area (Å²) >= 11 is 0. The van der Waals surface area contributed by atoms with Crippen molar-refractivity contribution in [2.45, 2.75) is 19.5 Å². The number of hydrogen-bond donors (Lipinski definition) is 1. The van der Waals surface area contributed by atoms with Crippen molar-refractivity contribution in [3.05, 3.63) is 12.2 Å². The van der Waals surface area contributed by atoms with E-state index in [0.717, 1.165) is 6.54 Å². The van der Waals surface area contributed by atoms with Crippen molar-refractivity contribution >= 4 is 9.84 Å². The third-order valence-corrected chi connectivity index (χ3v) is 3.28. The van der Waals surface area contributed by atoms with E-state index in [1.807, 2.05) is 0 Å². The average molecular weight is 276 g/mol. The van der Waals surface area contributed by atoms with Gasteiger partial charge in [0, 0.05) is 26.5 Å². The van der Waals surface area contributed by atoms with E-state index < -0.39 is 9.84 Å². The fourth-order valence-electron chi connectivity index (χ4n) is 1.39. The second kappa shape index (κ2) is 7.45. The molecular formula is C10H20N4O3S. The van der Waals surface area contributed by atoms with Crippen molar-refractivity contribution in [1.29, 1.82) is 0 Å². The maximum absolute atomic E-state index is 11.0. The molecule has 1 heterocycles. The molecule has 7 nitrogen and oxygen atoms in total. The van der Waals surface area contributed by atoms with Crippen molar-refractivity contribution in [3.63, 3.8) is 0 Å². The minimum atomic E-state index is -2.90. The zero-order valence-corrected chi connectivity index (χ0v) is 11.6. The fourth-order valence-corrected chi connectivity index (χ4v) is 2.04. The SMILES string of the molecule is COCCNCc1ncn(CCCS(C)(=O)=O)n1. The molecule has 0 radical (unpaired) electrons. The predicted molar refractivity (Wildman–Crippen MR) is 67.9 cm³/mol. The van der Waals surface area contributed by atoms with Crippen molar-refractivity contribution in [1.82, 2.24) is 20.1 Å². The molecule has 1 aromatic heterocycles. The van der Waals surface area contributed by atoms with Gasteiger partial charge >= 0.3 is 0 Å². The lowest BCUT2D eigenvalue weighted by Crippen LogP contribution is -2.19. The van der Waals surface area contributed by atoms with Crippen molar-refractivity contribution < 1.29 is 13.2 Å². The van der Waals surface area contributed by atoms with Gasteiger partial charge in [0.2, 0.25) is 0 Å². The molecule has 0 bridgehead atoms. The third kappa shape index (κ3) is 6.67. The molecule has 0 aliphatic heterocycles. The van der Waals surface area contributed by atoms with Crippen LogP contribution in [0.5, 0.6) is 0 Å². The molecule has 0 spiro atoms. The van der Waals surface area contributed by atoms with Crippen LogP contribution in [0.3, 0.4) is 0 Å². The smallest absolute Gasteiger partial charge is 0.164 e. The monoisotopic (exact) mass is 276 g/mol. The Morgan fingerprint density at radius 3 is 2.94 bits per heavy atom. The number of ether oxygens (including phenoxy) is 1. The van der Waals surface area contributed by atoms with Gasteiger partial charge in [-0.3, -0.25) is 4.68 Å². The number of nitrogens with one attached hydrogen (secondary N) is 1. The molecule has 104 valence electrons. The molecular weight excluding hydrogens is 256 g/mol. The average Bonchev–Trinajstić information content (AvgIpc) is 2.71. The lowest BCUT2D eigenvalue weighted by atomic mass is 10.5. The Morgan fingerprint density at radius 2 is 2.28 bits per heavy atom. The van der Waals surface area contributed by atoms with Crippen LogP contribution in [0.1, 0.15) is 12.2 Å². The van der Waals surface area contributed by atoms with Gasteiger partial charge in [0.15, 0.2) is 5.82 Å². The van der Waals surface area contributed by atoms with Crippen LogP contribution in [0.15, 0.2) is 6.33 Å². The van der Waals surface area contributed by atoms with Crippen LogP contribution in [0, 0.1) is 0 Å². The Bertz CT molecular complexity index is 444.